The second-order valence-electron chi connectivity index (χ2n) is 3.98. The molecule has 0 aromatic heterocycles. The Morgan fingerprint density at radius 1 is 1.33 bits per heavy atom. The first-order valence-electron chi connectivity index (χ1n) is 5.86. The smallest absolute Gasteiger partial charge is 0.0183 e. The van der Waals surface area contributed by atoms with Crippen molar-refractivity contribution in [1.82, 2.24) is 10.2 Å². The number of hydrogen-bond acceptors (Lipinski definition) is 2. The van der Waals surface area contributed by atoms with Crippen LogP contribution >= 0.6 is 0 Å². The lowest BCUT2D eigenvalue weighted by atomic mass is 10.1. The Labute approximate surface area is 95.0 Å². The van der Waals surface area contributed by atoms with Gasteiger partial charge in [-0.15, -0.1) is 6.58 Å². The van der Waals surface area contributed by atoms with E-state index >= 15 is 0 Å². The zero-order valence-electron chi connectivity index (χ0n) is 10.4. The Bertz CT molecular complexity index is 175. The van der Waals surface area contributed by atoms with Crippen molar-refractivity contribution in [3.8, 4) is 0 Å². The average Bonchev–Trinajstić information content (AvgIpc) is 2.24. The molecule has 0 fully saturated rings. The van der Waals surface area contributed by atoms with E-state index in [0.29, 0.717) is 0 Å². The fraction of sp³-hybridized carbons (Fsp3) is 0.692. The molecule has 0 aliphatic rings. The van der Waals surface area contributed by atoms with E-state index in [0.717, 1.165) is 25.9 Å². The monoisotopic (exact) mass is 210 g/mol. The fourth-order valence-electron chi connectivity index (χ4n) is 1.46. The van der Waals surface area contributed by atoms with Crippen LogP contribution in [0, 0.1) is 0 Å². The second kappa shape index (κ2) is 9.78. The van der Waals surface area contributed by atoms with Crippen LogP contribution in [0.25, 0.3) is 0 Å². The number of hydrogen-bond donors (Lipinski definition) is 1. The molecule has 15 heavy (non-hydrogen) atoms. The summed E-state index contributed by atoms with van der Waals surface area (Å²) in [4.78, 5) is 2.27. The zero-order valence-corrected chi connectivity index (χ0v) is 10.4. The Morgan fingerprint density at radius 3 is 2.67 bits per heavy atom. The van der Waals surface area contributed by atoms with E-state index in [1.165, 1.54) is 25.0 Å². The molecule has 0 unspecified atom stereocenters. The van der Waals surface area contributed by atoms with Crippen LogP contribution in [0.2, 0.25) is 0 Å². The highest BCUT2D eigenvalue weighted by atomic mass is 15.1. The molecule has 0 aliphatic carbocycles. The predicted octanol–water partition coefficient (Wildman–Crippen LogP) is 2.79. The van der Waals surface area contributed by atoms with Gasteiger partial charge in [0.2, 0.25) is 0 Å². The quantitative estimate of drug-likeness (QED) is 0.440. The van der Waals surface area contributed by atoms with Gasteiger partial charge in [0.1, 0.15) is 0 Å². The maximum absolute atomic E-state index is 4.11. The van der Waals surface area contributed by atoms with Crippen molar-refractivity contribution in [2.75, 3.05) is 27.2 Å². The Morgan fingerprint density at radius 2 is 2.07 bits per heavy atom. The van der Waals surface area contributed by atoms with Crippen LogP contribution in [0.5, 0.6) is 0 Å². The zero-order chi connectivity index (χ0) is 11.5. The lowest BCUT2D eigenvalue weighted by Crippen LogP contribution is -2.21. The molecule has 88 valence electrons. The van der Waals surface area contributed by atoms with Gasteiger partial charge in [-0.25, -0.2) is 0 Å². The van der Waals surface area contributed by atoms with Crippen molar-refractivity contribution >= 4 is 0 Å². The molecule has 0 bridgehead atoms. The van der Waals surface area contributed by atoms with Crippen molar-refractivity contribution < 1.29 is 0 Å². The van der Waals surface area contributed by atoms with Gasteiger partial charge in [-0.1, -0.05) is 12.7 Å². The molecule has 1 N–H and O–H groups in total. The van der Waals surface area contributed by atoms with Gasteiger partial charge in [-0.2, -0.15) is 0 Å². The van der Waals surface area contributed by atoms with Crippen LogP contribution in [0.3, 0.4) is 0 Å². The molecular weight excluding hydrogens is 184 g/mol. The van der Waals surface area contributed by atoms with Gasteiger partial charge in [-0.3, -0.25) is 0 Å². The van der Waals surface area contributed by atoms with Crippen molar-refractivity contribution in [3.05, 3.63) is 24.9 Å². The summed E-state index contributed by atoms with van der Waals surface area (Å²) in [7, 11) is 4.12. The summed E-state index contributed by atoms with van der Waals surface area (Å²) in [5.41, 5.74) is 1.26. The van der Waals surface area contributed by atoms with Gasteiger partial charge in [0, 0.05) is 19.3 Å². The molecule has 2 nitrogen and oxygen atoms in total. The van der Waals surface area contributed by atoms with Crippen LogP contribution in [0.4, 0.5) is 0 Å². The highest BCUT2D eigenvalue weighted by Crippen LogP contribution is 2.10. The topological polar surface area (TPSA) is 15.3 Å². The maximum Gasteiger partial charge on any atom is 0.0183 e. The highest BCUT2D eigenvalue weighted by Gasteiger charge is 2.00. The summed E-state index contributed by atoms with van der Waals surface area (Å²) in [6.07, 6.45) is 7.85. The van der Waals surface area contributed by atoms with E-state index in [2.05, 4.69) is 30.4 Å². The molecule has 0 aliphatic heterocycles. The van der Waals surface area contributed by atoms with Crippen molar-refractivity contribution in [3.63, 3.8) is 0 Å². The molecule has 0 heterocycles. The predicted molar refractivity (Wildman–Crippen MR) is 69.0 cm³/mol. The van der Waals surface area contributed by atoms with Crippen LogP contribution in [0.1, 0.15) is 32.1 Å². The van der Waals surface area contributed by atoms with Crippen LogP contribution in [-0.4, -0.2) is 32.1 Å². The summed E-state index contributed by atoms with van der Waals surface area (Å²) < 4.78 is 0. The molecular formula is C13H26N2. The number of nitrogens with zero attached hydrogens (tertiary/aromatic N) is 1. The second-order valence-corrected chi connectivity index (χ2v) is 3.98. The molecule has 2 heteroatoms. The molecule has 0 spiro atoms. The summed E-state index contributed by atoms with van der Waals surface area (Å²) >= 11 is 0. The van der Waals surface area contributed by atoms with Crippen molar-refractivity contribution in [2.45, 2.75) is 32.1 Å². The largest absolute Gasteiger partial charge is 0.378 e. The van der Waals surface area contributed by atoms with Crippen LogP contribution in [0.15, 0.2) is 24.9 Å². The van der Waals surface area contributed by atoms with Gasteiger partial charge in [0.25, 0.3) is 0 Å². The minimum atomic E-state index is 1.08. The molecule has 0 rings (SSSR count). The molecule has 0 aromatic rings. The third-order valence-corrected chi connectivity index (χ3v) is 2.58. The third kappa shape index (κ3) is 8.25. The molecule has 0 radical (unpaired) electrons. The van der Waals surface area contributed by atoms with Crippen LogP contribution in [-0.2, 0) is 0 Å². The Balaban J connectivity index is 3.46. The summed E-state index contributed by atoms with van der Waals surface area (Å²) in [6, 6.07) is 0. The van der Waals surface area contributed by atoms with Gasteiger partial charge < -0.3 is 10.2 Å². The lowest BCUT2D eigenvalue weighted by molar-refractivity contribution is 0.388. The minimum absolute atomic E-state index is 1.08. The molecule has 0 saturated carbocycles. The molecule has 0 saturated heterocycles. The van der Waals surface area contributed by atoms with E-state index in [1.807, 2.05) is 13.1 Å². The summed E-state index contributed by atoms with van der Waals surface area (Å²) in [5.74, 6) is 0. The number of unbranched alkanes of at least 4 members (excludes halogenated alkanes) is 2. The first-order chi connectivity index (χ1) is 7.22. The molecule has 0 amide bonds. The Hall–Kier alpha value is -0.760. The number of nitrogens with one attached hydrogen (secondary N) is 1. The third-order valence-electron chi connectivity index (χ3n) is 2.58. The van der Waals surface area contributed by atoms with E-state index in [1.54, 1.807) is 0 Å². The first-order valence-corrected chi connectivity index (χ1v) is 5.86. The minimum Gasteiger partial charge on any atom is -0.378 e. The first kappa shape index (κ1) is 14.2. The van der Waals surface area contributed by atoms with Crippen molar-refractivity contribution in [1.29, 1.82) is 0 Å². The SMILES string of the molecule is C=CCCCCC(=C)N(C)CCCNC. The van der Waals surface area contributed by atoms with Gasteiger partial charge >= 0.3 is 0 Å². The van der Waals surface area contributed by atoms with E-state index in [9.17, 15) is 0 Å². The summed E-state index contributed by atoms with van der Waals surface area (Å²) in [5, 5.41) is 3.15. The lowest BCUT2D eigenvalue weighted by Gasteiger charge is -2.21. The van der Waals surface area contributed by atoms with Gasteiger partial charge in [0.15, 0.2) is 0 Å². The highest BCUT2D eigenvalue weighted by molar-refractivity contribution is 4.92. The number of allylic oxidation sites excluding steroid dienone is 2. The number of rotatable bonds is 10. The standard InChI is InChI=1S/C13H26N2/c1-5-6-7-8-10-13(2)15(4)12-9-11-14-3/h5,14H,1-2,6-12H2,3-4H3. The van der Waals surface area contributed by atoms with Gasteiger partial charge in [-0.05, 0) is 45.7 Å². The normalized spacial score (nSPS) is 10.0. The fourth-order valence-corrected chi connectivity index (χ4v) is 1.46. The van der Waals surface area contributed by atoms with E-state index in [-0.39, 0.29) is 0 Å². The van der Waals surface area contributed by atoms with E-state index in [4.69, 9.17) is 0 Å². The Kier molecular flexibility index (Phi) is 9.29. The van der Waals surface area contributed by atoms with Crippen molar-refractivity contribution in [2.24, 2.45) is 0 Å². The van der Waals surface area contributed by atoms with Crippen LogP contribution < -0.4 is 5.32 Å². The molecule has 0 atom stereocenters. The molecule has 0 aromatic carbocycles. The van der Waals surface area contributed by atoms with Gasteiger partial charge in [0.05, 0.1) is 0 Å². The van der Waals surface area contributed by atoms with E-state index < -0.39 is 0 Å². The summed E-state index contributed by atoms with van der Waals surface area (Å²) in [6.45, 7) is 10.0. The maximum atomic E-state index is 4.11. The average molecular weight is 210 g/mol.